The minimum atomic E-state index is -0.356. The topological polar surface area (TPSA) is 77.1 Å². The lowest BCUT2D eigenvalue weighted by atomic mass is 10.1. The summed E-state index contributed by atoms with van der Waals surface area (Å²) in [6, 6.07) is 5.26. The molecular formula is C17H22N2O5. The molecule has 0 saturated carbocycles. The van der Waals surface area contributed by atoms with E-state index in [-0.39, 0.29) is 30.2 Å². The number of ether oxygens (including phenoxy) is 3. The molecule has 0 bridgehead atoms. The summed E-state index contributed by atoms with van der Waals surface area (Å²) in [5.74, 6) is 0.769. The van der Waals surface area contributed by atoms with Gasteiger partial charge in [0.05, 0.1) is 18.6 Å². The van der Waals surface area contributed by atoms with Crippen LogP contribution in [0.2, 0.25) is 0 Å². The van der Waals surface area contributed by atoms with Crippen LogP contribution in [0.25, 0.3) is 0 Å². The number of amides is 2. The van der Waals surface area contributed by atoms with Crippen molar-refractivity contribution in [1.29, 1.82) is 0 Å². The summed E-state index contributed by atoms with van der Waals surface area (Å²) in [5, 5.41) is 2.86. The maximum atomic E-state index is 12.5. The van der Waals surface area contributed by atoms with Gasteiger partial charge in [0.25, 0.3) is 0 Å². The van der Waals surface area contributed by atoms with Crippen LogP contribution in [-0.2, 0) is 14.3 Å². The van der Waals surface area contributed by atoms with E-state index >= 15 is 0 Å². The summed E-state index contributed by atoms with van der Waals surface area (Å²) >= 11 is 0. The van der Waals surface area contributed by atoms with Gasteiger partial charge in [0, 0.05) is 31.8 Å². The van der Waals surface area contributed by atoms with Gasteiger partial charge in [0.15, 0.2) is 11.5 Å². The van der Waals surface area contributed by atoms with Crippen molar-refractivity contribution in [3.8, 4) is 11.5 Å². The maximum absolute atomic E-state index is 12.5. The van der Waals surface area contributed by atoms with Crippen molar-refractivity contribution in [2.45, 2.75) is 19.4 Å². The standard InChI is InChI=1S/C17H22N2O5/c1-11(10-22-2)19-9-12(7-16(19)20)17(21)18-13-3-4-14-15(8-13)24-6-5-23-14/h3-4,8,11-12H,5-7,9-10H2,1-2H3,(H,18,21)/t11-,12-/m0/s1. The van der Waals surface area contributed by atoms with Crippen molar-refractivity contribution in [1.82, 2.24) is 4.90 Å². The molecule has 1 N–H and O–H groups in total. The third-order valence-electron chi connectivity index (χ3n) is 4.28. The lowest BCUT2D eigenvalue weighted by Gasteiger charge is -2.24. The normalized spacial score (nSPS) is 20.8. The van der Waals surface area contributed by atoms with E-state index in [4.69, 9.17) is 14.2 Å². The number of nitrogens with one attached hydrogen (secondary N) is 1. The molecule has 0 aromatic heterocycles. The van der Waals surface area contributed by atoms with Gasteiger partial charge in [-0.25, -0.2) is 0 Å². The molecule has 3 rings (SSSR count). The van der Waals surface area contributed by atoms with E-state index < -0.39 is 0 Å². The second-order valence-electron chi connectivity index (χ2n) is 6.10. The Kier molecular flexibility index (Phi) is 4.89. The molecule has 0 aliphatic carbocycles. The van der Waals surface area contributed by atoms with Crippen molar-refractivity contribution < 1.29 is 23.8 Å². The van der Waals surface area contributed by atoms with E-state index in [1.165, 1.54) is 0 Å². The van der Waals surface area contributed by atoms with E-state index in [2.05, 4.69) is 5.32 Å². The van der Waals surface area contributed by atoms with Crippen molar-refractivity contribution in [3.05, 3.63) is 18.2 Å². The summed E-state index contributed by atoms with van der Waals surface area (Å²) in [4.78, 5) is 26.3. The molecule has 2 atom stereocenters. The zero-order valence-corrected chi connectivity index (χ0v) is 13.9. The molecule has 2 heterocycles. The average Bonchev–Trinajstić information content (AvgIpc) is 2.97. The van der Waals surface area contributed by atoms with Gasteiger partial charge in [-0.05, 0) is 19.1 Å². The number of carbonyl (C=O) groups excluding carboxylic acids is 2. The van der Waals surface area contributed by atoms with Gasteiger partial charge in [-0.3, -0.25) is 9.59 Å². The third-order valence-corrected chi connectivity index (χ3v) is 4.28. The van der Waals surface area contributed by atoms with E-state index in [0.29, 0.717) is 43.6 Å². The van der Waals surface area contributed by atoms with Crippen molar-refractivity contribution >= 4 is 17.5 Å². The number of methoxy groups -OCH3 is 1. The molecule has 1 aromatic carbocycles. The van der Waals surface area contributed by atoms with Crippen molar-refractivity contribution in [2.75, 3.05) is 38.8 Å². The lowest BCUT2D eigenvalue weighted by molar-refractivity contribution is -0.130. The van der Waals surface area contributed by atoms with Crippen LogP contribution in [-0.4, -0.2) is 56.2 Å². The Balaban J connectivity index is 1.62. The van der Waals surface area contributed by atoms with Crippen LogP contribution in [0.4, 0.5) is 5.69 Å². The Labute approximate surface area is 140 Å². The summed E-state index contributed by atoms with van der Waals surface area (Å²) in [5.41, 5.74) is 0.639. The fraction of sp³-hybridized carbons (Fsp3) is 0.529. The fourth-order valence-corrected chi connectivity index (χ4v) is 3.03. The van der Waals surface area contributed by atoms with E-state index in [1.807, 2.05) is 6.92 Å². The maximum Gasteiger partial charge on any atom is 0.229 e. The number of fused-ring (bicyclic) bond motifs is 1. The average molecular weight is 334 g/mol. The largest absolute Gasteiger partial charge is 0.486 e. The van der Waals surface area contributed by atoms with Crippen LogP contribution in [0.15, 0.2) is 18.2 Å². The predicted octanol–water partition coefficient (Wildman–Crippen LogP) is 1.28. The Hall–Kier alpha value is -2.28. The highest BCUT2D eigenvalue weighted by Crippen LogP contribution is 2.33. The third kappa shape index (κ3) is 3.46. The van der Waals surface area contributed by atoms with Gasteiger partial charge in [-0.2, -0.15) is 0 Å². The summed E-state index contributed by atoms with van der Waals surface area (Å²) in [7, 11) is 1.60. The van der Waals surface area contributed by atoms with Gasteiger partial charge in [0.1, 0.15) is 13.2 Å². The SMILES string of the molecule is COC[C@H](C)N1C[C@@H](C(=O)Nc2ccc3c(c2)OCCO3)CC1=O. The van der Waals surface area contributed by atoms with Crippen LogP contribution >= 0.6 is 0 Å². The van der Waals surface area contributed by atoms with E-state index in [9.17, 15) is 9.59 Å². The molecule has 2 aliphatic heterocycles. The number of rotatable bonds is 5. The van der Waals surface area contributed by atoms with Crippen molar-refractivity contribution in [2.24, 2.45) is 5.92 Å². The monoisotopic (exact) mass is 334 g/mol. The van der Waals surface area contributed by atoms with E-state index in [1.54, 1.807) is 30.2 Å². The summed E-state index contributed by atoms with van der Waals surface area (Å²) < 4.78 is 16.1. The molecule has 0 spiro atoms. The highest BCUT2D eigenvalue weighted by Gasteiger charge is 2.36. The second-order valence-corrected chi connectivity index (χ2v) is 6.10. The van der Waals surface area contributed by atoms with Gasteiger partial charge in [-0.1, -0.05) is 0 Å². The summed E-state index contributed by atoms with van der Waals surface area (Å²) in [6.45, 7) is 3.82. The van der Waals surface area contributed by atoms with E-state index in [0.717, 1.165) is 0 Å². The number of likely N-dealkylation sites (tertiary alicyclic amines) is 1. The quantitative estimate of drug-likeness (QED) is 0.878. The molecule has 24 heavy (non-hydrogen) atoms. The van der Waals surface area contributed by atoms with Crippen LogP contribution in [0.5, 0.6) is 11.5 Å². The van der Waals surface area contributed by atoms with Gasteiger partial charge in [0.2, 0.25) is 11.8 Å². The van der Waals surface area contributed by atoms with Crippen molar-refractivity contribution in [3.63, 3.8) is 0 Å². The Morgan fingerprint density at radius 3 is 2.88 bits per heavy atom. The Morgan fingerprint density at radius 1 is 1.38 bits per heavy atom. The van der Waals surface area contributed by atoms with Gasteiger partial charge >= 0.3 is 0 Å². The second kappa shape index (κ2) is 7.09. The number of benzene rings is 1. The smallest absolute Gasteiger partial charge is 0.229 e. The Morgan fingerprint density at radius 2 is 2.12 bits per heavy atom. The zero-order chi connectivity index (χ0) is 17.1. The molecule has 7 nitrogen and oxygen atoms in total. The van der Waals surface area contributed by atoms with Crippen LogP contribution in [0.3, 0.4) is 0 Å². The fourth-order valence-electron chi connectivity index (χ4n) is 3.03. The van der Waals surface area contributed by atoms with Gasteiger partial charge < -0.3 is 24.4 Å². The number of anilines is 1. The number of hydrogen-bond donors (Lipinski definition) is 1. The van der Waals surface area contributed by atoms with Gasteiger partial charge in [-0.15, -0.1) is 0 Å². The molecule has 1 aromatic rings. The first-order chi connectivity index (χ1) is 11.6. The minimum Gasteiger partial charge on any atom is -0.486 e. The molecule has 2 amide bonds. The van der Waals surface area contributed by atoms with Crippen LogP contribution < -0.4 is 14.8 Å². The molecule has 0 unspecified atom stereocenters. The first kappa shape index (κ1) is 16.6. The van der Waals surface area contributed by atoms with Crippen LogP contribution in [0, 0.1) is 5.92 Å². The molecule has 0 radical (unpaired) electrons. The molecule has 130 valence electrons. The molecule has 1 fully saturated rings. The number of nitrogens with zero attached hydrogens (tertiary/aromatic N) is 1. The van der Waals surface area contributed by atoms with Crippen LogP contribution in [0.1, 0.15) is 13.3 Å². The molecule has 1 saturated heterocycles. The first-order valence-corrected chi connectivity index (χ1v) is 8.07. The highest BCUT2D eigenvalue weighted by atomic mass is 16.6. The highest BCUT2D eigenvalue weighted by molar-refractivity contribution is 5.97. The summed E-state index contributed by atoms with van der Waals surface area (Å²) in [6.07, 6.45) is 0.227. The zero-order valence-electron chi connectivity index (χ0n) is 13.9. The molecule has 2 aliphatic rings. The molecule has 7 heteroatoms. The Bertz CT molecular complexity index is 633. The predicted molar refractivity (Wildman–Crippen MR) is 87.2 cm³/mol. The minimum absolute atomic E-state index is 0.0122. The number of hydrogen-bond acceptors (Lipinski definition) is 5. The molecular weight excluding hydrogens is 312 g/mol. The number of carbonyl (C=O) groups is 2. The lowest BCUT2D eigenvalue weighted by Crippen LogP contribution is -2.38. The first-order valence-electron chi connectivity index (χ1n) is 8.07.